The van der Waals surface area contributed by atoms with Gasteiger partial charge in [-0.15, -0.1) is 0 Å². The first-order valence-corrected chi connectivity index (χ1v) is 5.22. The second-order valence-corrected chi connectivity index (χ2v) is 4.02. The maximum Gasteiger partial charge on any atom is 0.328 e. The summed E-state index contributed by atoms with van der Waals surface area (Å²) in [5.74, 6) is 0. The molecule has 0 saturated heterocycles. The van der Waals surface area contributed by atoms with Gasteiger partial charge in [-0.1, -0.05) is 0 Å². The third-order valence-corrected chi connectivity index (χ3v) is 2.60. The van der Waals surface area contributed by atoms with Crippen LogP contribution in [0.5, 0.6) is 0 Å². The van der Waals surface area contributed by atoms with Gasteiger partial charge in [-0.05, 0) is 13.3 Å². The molecular weight excluding hydrogens is 169 g/mol. The molecule has 5 nitrogen and oxygen atoms in total. The molecule has 11 heavy (non-hydrogen) atoms. The molecule has 0 rings (SSSR count). The molecule has 0 bridgehead atoms. The number of hydrogen-bond donors (Lipinski definition) is 3. The van der Waals surface area contributed by atoms with Gasteiger partial charge in [0.05, 0.1) is 12.8 Å². The molecule has 0 aliphatic heterocycles. The predicted molar refractivity (Wildman–Crippen MR) is 40.7 cm³/mol. The second-order valence-electron chi connectivity index (χ2n) is 2.04. The number of hydroxylamine groups is 1. The first-order valence-electron chi connectivity index (χ1n) is 3.45. The van der Waals surface area contributed by atoms with Gasteiger partial charge in [0.1, 0.15) is 0 Å². The first-order chi connectivity index (χ1) is 5.12. The quantitative estimate of drug-likeness (QED) is 0.319. The molecule has 1 unspecified atom stereocenters. The molecule has 0 aromatic heterocycles. The van der Waals surface area contributed by atoms with Gasteiger partial charge >= 0.3 is 7.60 Å². The zero-order chi connectivity index (χ0) is 8.74. The van der Waals surface area contributed by atoms with Crippen LogP contribution in [0.4, 0.5) is 0 Å². The minimum atomic E-state index is -3.37. The molecule has 0 amide bonds. The predicted octanol–water partition coefficient (Wildman–Crippen LogP) is 0.577. The Morgan fingerprint density at radius 2 is 2.27 bits per heavy atom. The Bertz CT molecular complexity index is 140. The van der Waals surface area contributed by atoms with Crippen molar-refractivity contribution in [3.63, 3.8) is 0 Å². The topological polar surface area (TPSA) is 78.8 Å². The van der Waals surface area contributed by atoms with Crippen LogP contribution in [-0.2, 0) is 9.09 Å². The van der Waals surface area contributed by atoms with Crippen molar-refractivity contribution in [3.05, 3.63) is 0 Å². The van der Waals surface area contributed by atoms with Gasteiger partial charge in [0.15, 0.2) is 0 Å². The van der Waals surface area contributed by atoms with E-state index in [1.165, 1.54) is 0 Å². The van der Waals surface area contributed by atoms with Crippen LogP contribution in [0.2, 0.25) is 0 Å². The minimum Gasteiger partial charge on any atom is -0.324 e. The van der Waals surface area contributed by atoms with Crippen molar-refractivity contribution < 1.29 is 19.2 Å². The van der Waals surface area contributed by atoms with Crippen molar-refractivity contribution in [2.45, 2.75) is 13.3 Å². The highest BCUT2D eigenvalue weighted by Gasteiger charge is 2.16. The van der Waals surface area contributed by atoms with E-state index in [9.17, 15) is 4.57 Å². The van der Waals surface area contributed by atoms with Crippen LogP contribution >= 0.6 is 7.60 Å². The number of hydrogen-bond acceptors (Lipinski definition) is 4. The molecule has 0 aliphatic carbocycles. The van der Waals surface area contributed by atoms with E-state index in [2.05, 4.69) is 4.52 Å². The van der Waals surface area contributed by atoms with Gasteiger partial charge in [-0.25, -0.2) is 5.48 Å². The van der Waals surface area contributed by atoms with E-state index >= 15 is 0 Å². The van der Waals surface area contributed by atoms with Crippen LogP contribution in [0.3, 0.4) is 0 Å². The highest BCUT2D eigenvalue weighted by molar-refractivity contribution is 7.52. The molecule has 0 aromatic carbocycles. The molecule has 0 aromatic rings. The van der Waals surface area contributed by atoms with Crippen LogP contribution in [-0.4, -0.2) is 29.4 Å². The van der Waals surface area contributed by atoms with E-state index in [1.54, 1.807) is 6.92 Å². The van der Waals surface area contributed by atoms with E-state index in [-0.39, 0.29) is 12.8 Å². The Hall–Kier alpha value is 0.0700. The molecule has 0 saturated carbocycles. The standard InChI is InChI=1S/C5H14NO4P/c1-2-10-11(8,9)5-3-4-6-7/h6-7H,2-5H2,1H3,(H,8,9). The van der Waals surface area contributed by atoms with Gasteiger partial charge < -0.3 is 14.6 Å². The summed E-state index contributed by atoms with van der Waals surface area (Å²) < 4.78 is 15.5. The average Bonchev–Trinajstić information content (AvgIpc) is 1.87. The molecule has 0 heterocycles. The average molecular weight is 183 g/mol. The first kappa shape index (κ1) is 11.1. The second kappa shape index (κ2) is 5.69. The van der Waals surface area contributed by atoms with E-state index in [0.717, 1.165) is 0 Å². The molecule has 0 fully saturated rings. The van der Waals surface area contributed by atoms with Gasteiger partial charge in [0.2, 0.25) is 0 Å². The van der Waals surface area contributed by atoms with Gasteiger partial charge in [-0.3, -0.25) is 4.57 Å². The summed E-state index contributed by atoms with van der Waals surface area (Å²) in [4.78, 5) is 8.96. The van der Waals surface area contributed by atoms with Crippen LogP contribution in [0, 0.1) is 0 Å². The molecule has 0 radical (unpaired) electrons. The zero-order valence-corrected chi connectivity index (χ0v) is 7.38. The Labute approximate surface area is 65.9 Å². The lowest BCUT2D eigenvalue weighted by Crippen LogP contribution is -2.10. The highest BCUT2D eigenvalue weighted by Crippen LogP contribution is 2.41. The van der Waals surface area contributed by atoms with E-state index in [4.69, 9.17) is 10.1 Å². The fourth-order valence-electron chi connectivity index (χ4n) is 0.624. The Balaban J connectivity index is 3.47. The molecule has 6 heteroatoms. The van der Waals surface area contributed by atoms with Crippen molar-refractivity contribution in [1.29, 1.82) is 0 Å². The summed E-state index contributed by atoms with van der Waals surface area (Å²) in [6.45, 7) is 2.20. The highest BCUT2D eigenvalue weighted by atomic mass is 31.2. The van der Waals surface area contributed by atoms with Crippen molar-refractivity contribution in [2.75, 3.05) is 19.3 Å². The Morgan fingerprint density at radius 3 is 2.73 bits per heavy atom. The van der Waals surface area contributed by atoms with E-state index < -0.39 is 7.60 Å². The summed E-state index contributed by atoms with van der Waals surface area (Å²) in [5.41, 5.74) is 1.89. The third kappa shape index (κ3) is 6.47. The minimum absolute atomic E-state index is 0.0778. The maximum atomic E-state index is 10.9. The van der Waals surface area contributed by atoms with Crippen LogP contribution < -0.4 is 5.48 Å². The number of nitrogens with one attached hydrogen (secondary N) is 1. The van der Waals surface area contributed by atoms with Crippen molar-refractivity contribution in [2.24, 2.45) is 0 Å². The monoisotopic (exact) mass is 183 g/mol. The summed E-state index contributed by atoms with van der Waals surface area (Å²) in [6.07, 6.45) is 0.499. The Morgan fingerprint density at radius 1 is 1.64 bits per heavy atom. The summed E-state index contributed by atoms with van der Waals surface area (Å²) in [6, 6.07) is 0. The molecule has 3 N–H and O–H groups in total. The smallest absolute Gasteiger partial charge is 0.324 e. The van der Waals surface area contributed by atoms with Crippen LogP contribution in [0.1, 0.15) is 13.3 Å². The molecule has 0 spiro atoms. The van der Waals surface area contributed by atoms with Gasteiger partial charge in [-0.2, -0.15) is 0 Å². The zero-order valence-electron chi connectivity index (χ0n) is 6.49. The maximum absolute atomic E-state index is 10.9. The summed E-state index contributed by atoms with van der Waals surface area (Å²) in [5, 5.41) is 8.13. The van der Waals surface area contributed by atoms with Crippen LogP contribution in [0.25, 0.3) is 0 Å². The van der Waals surface area contributed by atoms with Crippen LogP contribution in [0.15, 0.2) is 0 Å². The van der Waals surface area contributed by atoms with Gasteiger partial charge in [0.25, 0.3) is 0 Å². The number of rotatable bonds is 6. The lowest BCUT2D eigenvalue weighted by atomic mass is 10.5. The lowest BCUT2D eigenvalue weighted by Gasteiger charge is -2.09. The fraction of sp³-hybridized carbons (Fsp3) is 1.00. The molecular formula is C5H14NO4P. The van der Waals surface area contributed by atoms with Crippen molar-refractivity contribution in [1.82, 2.24) is 5.48 Å². The largest absolute Gasteiger partial charge is 0.328 e. The summed E-state index contributed by atoms with van der Waals surface area (Å²) in [7, 11) is -3.37. The van der Waals surface area contributed by atoms with E-state index in [1.807, 2.05) is 5.48 Å². The van der Waals surface area contributed by atoms with E-state index in [0.29, 0.717) is 13.0 Å². The third-order valence-electron chi connectivity index (χ3n) is 1.06. The molecule has 68 valence electrons. The van der Waals surface area contributed by atoms with Crippen molar-refractivity contribution >= 4 is 7.60 Å². The summed E-state index contributed by atoms with van der Waals surface area (Å²) >= 11 is 0. The normalized spacial score (nSPS) is 16.3. The SMILES string of the molecule is CCOP(=O)(O)CCCNO. The molecule has 1 atom stereocenters. The van der Waals surface area contributed by atoms with Gasteiger partial charge in [0, 0.05) is 6.54 Å². The fourth-order valence-corrected chi connectivity index (χ4v) is 1.71. The Kier molecular flexibility index (Phi) is 5.72. The lowest BCUT2D eigenvalue weighted by molar-refractivity contribution is 0.166. The van der Waals surface area contributed by atoms with Crippen molar-refractivity contribution in [3.8, 4) is 0 Å². The molecule has 0 aliphatic rings.